The molecule has 2 rings (SSSR count). The highest BCUT2D eigenvalue weighted by molar-refractivity contribution is 5.98. The first-order valence-electron chi connectivity index (χ1n) is 7.40. The predicted octanol–water partition coefficient (Wildman–Crippen LogP) is 0.273. The van der Waals surface area contributed by atoms with Crippen LogP contribution in [0.25, 0.3) is 0 Å². The number of likely N-dealkylation sites (tertiary alicyclic amines) is 1. The molecule has 7 heteroatoms. The molecule has 0 unspecified atom stereocenters. The summed E-state index contributed by atoms with van der Waals surface area (Å²) >= 11 is 0. The van der Waals surface area contributed by atoms with Crippen molar-refractivity contribution < 1.29 is 24.2 Å². The lowest BCUT2D eigenvalue weighted by Gasteiger charge is -2.19. The fourth-order valence-electron chi connectivity index (χ4n) is 2.87. The molecule has 0 saturated carbocycles. The van der Waals surface area contributed by atoms with Crippen molar-refractivity contribution in [3.63, 3.8) is 0 Å². The molecule has 1 aliphatic heterocycles. The summed E-state index contributed by atoms with van der Waals surface area (Å²) < 4.78 is 10.5. The second-order valence-electron chi connectivity index (χ2n) is 5.50. The first-order chi connectivity index (χ1) is 11.0. The van der Waals surface area contributed by atoms with Gasteiger partial charge in [-0.1, -0.05) is 6.07 Å². The standard InChI is InChI=1S/C16H22N2O5/c1-10(20)17-13-8-18(7-11(13)9-19)16(21)12-5-4-6-14(22-2)15(12)23-3/h4-6,11,13,19H,7-9H2,1-3H3,(H,17,20)/t11-,13+/m0/s1. The lowest BCUT2D eigenvalue weighted by molar-refractivity contribution is -0.119. The van der Waals surface area contributed by atoms with Crippen LogP contribution < -0.4 is 14.8 Å². The number of amides is 2. The molecule has 2 atom stereocenters. The van der Waals surface area contributed by atoms with Crippen LogP contribution in [0.5, 0.6) is 11.5 Å². The van der Waals surface area contributed by atoms with Gasteiger partial charge in [-0.2, -0.15) is 0 Å². The van der Waals surface area contributed by atoms with Gasteiger partial charge in [0.2, 0.25) is 5.91 Å². The molecule has 1 heterocycles. The number of hydrogen-bond donors (Lipinski definition) is 2. The molecule has 126 valence electrons. The van der Waals surface area contributed by atoms with Crippen LogP contribution >= 0.6 is 0 Å². The third-order valence-corrected chi connectivity index (χ3v) is 3.98. The van der Waals surface area contributed by atoms with Gasteiger partial charge in [-0.25, -0.2) is 0 Å². The average Bonchev–Trinajstić information content (AvgIpc) is 2.95. The number of nitrogens with one attached hydrogen (secondary N) is 1. The summed E-state index contributed by atoms with van der Waals surface area (Å²) in [5.41, 5.74) is 0.395. The molecule has 1 aromatic rings. The van der Waals surface area contributed by atoms with Gasteiger partial charge in [0.15, 0.2) is 11.5 Å². The Morgan fingerprint density at radius 2 is 2.04 bits per heavy atom. The second kappa shape index (κ2) is 7.32. The van der Waals surface area contributed by atoms with Crippen LogP contribution in [-0.2, 0) is 4.79 Å². The molecule has 23 heavy (non-hydrogen) atoms. The minimum atomic E-state index is -0.252. The first kappa shape index (κ1) is 17.1. The van der Waals surface area contributed by atoms with E-state index < -0.39 is 0 Å². The Morgan fingerprint density at radius 1 is 1.30 bits per heavy atom. The normalized spacial score (nSPS) is 20.3. The Morgan fingerprint density at radius 3 is 2.61 bits per heavy atom. The van der Waals surface area contributed by atoms with E-state index in [0.29, 0.717) is 30.2 Å². The molecule has 0 aromatic heterocycles. The number of para-hydroxylation sites is 1. The van der Waals surface area contributed by atoms with Crippen LogP contribution in [0.15, 0.2) is 18.2 Å². The van der Waals surface area contributed by atoms with Crippen molar-refractivity contribution in [1.82, 2.24) is 10.2 Å². The maximum absolute atomic E-state index is 12.8. The van der Waals surface area contributed by atoms with Gasteiger partial charge in [0.25, 0.3) is 5.91 Å². The van der Waals surface area contributed by atoms with E-state index in [4.69, 9.17) is 9.47 Å². The number of hydrogen-bond acceptors (Lipinski definition) is 5. The largest absolute Gasteiger partial charge is 0.493 e. The molecule has 0 radical (unpaired) electrons. The summed E-state index contributed by atoms with van der Waals surface area (Å²) in [4.78, 5) is 25.7. The fourth-order valence-corrected chi connectivity index (χ4v) is 2.87. The predicted molar refractivity (Wildman–Crippen MR) is 83.6 cm³/mol. The zero-order valence-corrected chi connectivity index (χ0v) is 13.5. The third-order valence-electron chi connectivity index (χ3n) is 3.98. The van der Waals surface area contributed by atoms with E-state index in [2.05, 4.69) is 5.32 Å². The Bertz CT molecular complexity index is 590. The van der Waals surface area contributed by atoms with E-state index in [-0.39, 0.29) is 30.4 Å². The lowest BCUT2D eigenvalue weighted by Crippen LogP contribution is -2.40. The van der Waals surface area contributed by atoms with Crippen molar-refractivity contribution >= 4 is 11.8 Å². The molecule has 2 N–H and O–H groups in total. The Kier molecular flexibility index (Phi) is 5.44. The summed E-state index contributed by atoms with van der Waals surface area (Å²) in [6.45, 7) is 2.05. The first-order valence-corrected chi connectivity index (χ1v) is 7.40. The van der Waals surface area contributed by atoms with Gasteiger partial charge in [0.1, 0.15) is 0 Å². The van der Waals surface area contributed by atoms with E-state index in [9.17, 15) is 14.7 Å². The summed E-state index contributed by atoms with van der Waals surface area (Å²) in [5.74, 6) is 0.284. The van der Waals surface area contributed by atoms with Gasteiger partial charge in [-0.15, -0.1) is 0 Å². The molecule has 1 saturated heterocycles. The number of nitrogens with zero attached hydrogens (tertiary/aromatic N) is 1. The van der Waals surface area contributed by atoms with Gasteiger partial charge in [0, 0.05) is 32.5 Å². The van der Waals surface area contributed by atoms with E-state index in [1.54, 1.807) is 23.1 Å². The van der Waals surface area contributed by atoms with Gasteiger partial charge < -0.3 is 24.8 Å². The van der Waals surface area contributed by atoms with Gasteiger partial charge in [-0.05, 0) is 12.1 Å². The highest BCUT2D eigenvalue weighted by Gasteiger charge is 2.36. The lowest BCUT2D eigenvalue weighted by atomic mass is 10.1. The maximum Gasteiger partial charge on any atom is 0.257 e. The SMILES string of the molecule is COc1cccc(C(=O)N2C[C@@H](CO)[C@H](NC(C)=O)C2)c1OC. The Labute approximate surface area is 135 Å². The summed E-state index contributed by atoms with van der Waals surface area (Å²) in [6, 6.07) is 4.86. The molecule has 2 amide bonds. The van der Waals surface area contributed by atoms with Gasteiger partial charge in [0.05, 0.1) is 25.8 Å². The smallest absolute Gasteiger partial charge is 0.257 e. The van der Waals surface area contributed by atoms with Crippen molar-refractivity contribution in [2.45, 2.75) is 13.0 Å². The van der Waals surface area contributed by atoms with E-state index in [1.807, 2.05) is 0 Å². The minimum absolute atomic E-state index is 0.0933. The van der Waals surface area contributed by atoms with Crippen molar-refractivity contribution in [3.8, 4) is 11.5 Å². The molecular formula is C16H22N2O5. The fraction of sp³-hybridized carbons (Fsp3) is 0.500. The number of ether oxygens (including phenoxy) is 2. The van der Waals surface area contributed by atoms with Crippen molar-refractivity contribution in [2.75, 3.05) is 33.9 Å². The van der Waals surface area contributed by atoms with Crippen molar-refractivity contribution in [2.24, 2.45) is 5.92 Å². The molecule has 1 aromatic carbocycles. The highest BCUT2D eigenvalue weighted by Crippen LogP contribution is 2.32. The zero-order valence-electron chi connectivity index (χ0n) is 13.5. The Balaban J connectivity index is 2.23. The van der Waals surface area contributed by atoms with E-state index in [1.165, 1.54) is 21.1 Å². The maximum atomic E-state index is 12.8. The van der Waals surface area contributed by atoms with Crippen LogP contribution in [-0.4, -0.2) is 61.8 Å². The molecule has 1 aliphatic rings. The van der Waals surface area contributed by atoms with Crippen LogP contribution in [0.2, 0.25) is 0 Å². The van der Waals surface area contributed by atoms with E-state index >= 15 is 0 Å². The number of aliphatic hydroxyl groups is 1. The van der Waals surface area contributed by atoms with Crippen LogP contribution in [0.3, 0.4) is 0 Å². The number of carbonyl (C=O) groups is 2. The molecule has 0 bridgehead atoms. The molecule has 0 spiro atoms. The Hall–Kier alpha value is -2.28. The van der Waals surface area contributed by atoms with Crippen LogP contribution in [0.4, 0.5) is 0 Å². The summed E-state index contributed by atoms with van der Waals surface area (Å²) in [6.07, 6.45) is 0. The molecule has 0 aliphatic carbocycles. The van der Waals surface area contributed by atoms with Crippen LogP contribution in [0.1, 0.15) is 17.3 Å². The monoisotopic (exact) mass is 322 g/mol. The number of carbonyl (C=O) groups excluding carboxylic acids is 2. The second-order valence-corrected chi connectivity index (χ2v) is 5.50. The molecule has 7 nitrogen and oxygen atoms in total. The minimum Gasteiger partial charge on any atom is -0.493 e. The van der Waals surface area contributed by atoms with Crippen molar-refractivity contribution in [1.29, 1.82) is 0 Å². The molecular weight excluding hydrogens is 300 g/mol. The van der Waals surface area contributed by atoms with Gasteiger partial charge in [-0.3, -0.25) is 9.59 Å². The van der Waals surface area contributed by atoms with Crippen LogP contribution in [0, 0.1) is 5.92 Å². The topological polar surface area (TPSA) is 88.1 Å². The zero-order chi connectivity index (χ0) is 17.0. The summed E-state index contributed by atoms with van der Waals surface area (Å²) in [7, 11) is 2.99. The third kappa shape index (κ3) is 3.56. The summed E-state index contributed by atoms with van der Waals surface area (Å²) in [5, 5.41) is 12.2. The highest BCUT2D eigenvalue weighted by atomic mass is 16.5. The number of methoxy groups -OCH3 is 2. The molecule has 1 fully saturated rings. The van der Waals surface area contributed by atoms with Gasteiger partial charge >= 0.3 is 0 Å². The van der Waals surface area contributed by atoms with Crippen molar-refractivity contribution in [3.05, 3.63) is 23.8 Å². The quantitative estimate of drug-likeness (QED) is 0.812. The number of benzene rings is 1. The average molecular weight is 322 g/mol. The number of aliphatic hydroxyl groups excluding tert-OH is 1. The van der Waals surface area contributed by atoms with E-state index in [0.717, 1.165) is 0 Å². The number of rotatable bonds is 5.